The SMILES string of the molecule is CC(=O)N(c1ccc(Cl)cc1)c1ccc(I)c(C)c1. The Morgan fingerprint density at radius 1 is 1.11 bits per heavy atom. The summed E-state index contributed by atoms with van der Waals surface area (Å²) in [6.45, 7) is 3.59. The van der Waals surface area contributed by atoms with E-state index in [1.54, 1.807) is 24.0 Å². The molecule has 0 bridgehead atoms. The molecule has 0 aliphatic rings. The molecule has 0 aliphatic carbocycles. The van der Waals surface area contributed by atoms with E-state index < -0.39 is 0 Å². The van der Waals surface area contributed by atoms with Crippen molar-refractivity contribution in [2.45, 2.75) is 13.8 Å². The maximum atomic E-state index is 11.9. The summed E-state index contributed by atoms with van der Waals surface area (Å²) in [6, 6.07) is 13.2. The van der Waals surface area contributed by atoms with Crippen LogP contribution in [0.5, 0.6) is 0 Å². The van der Waals surface area contributed by atoms with Gasteiger partial charge in [-0.15, -0.1) is 0 Å². The van der Waals surface area contributed by atoms with E-state index in [1.165, 1.54) is 3.57 Å². The highest BCUT2D eigenvalue weighted by molar-refractivity contribution is 14.1. The van der Waals surface area contributed by atoms with Crippen molar-refractivity contribution >= 4 is 51.5 Å². The maximum Gasteiger partial charge on any atom is 0.228 e. The average molecular weight is 386 g/mol. The molecule has 98 valence electrons. The number of carbonyl (C=O) groups excluding carboxylic acids is 1. The van der Waals surface area contributed by atoms with Crippen molar-refractivity contribution in [2.75, 3.05) is 4.90 Å². The van der Waals surface area contributed by atoms with E-state index >= 15 is 0 Å². The lowest BCUT2D eigenvalue weighted by Gasteiger charge is -2.22. The molecule has 0 N–H and O–H groups in total. The number of carbonyl (C=O) groups is 1. The van der Waals surface area contributed by atoms with Crippen LogP contribution in [0, 0.1) is 10.5 Å². The van der Waals surface area contributed by atoms with E-state index in [1.807, 2.05) is 37.3 Å². The number of hydrogen-bond donors (Lipinski definition) is 0. The van der Waals surface area contributed by atoms with Crippen molar-refractivity contribution in [3.63, 3.8) is 0 Å². The normalized spacial score (nSPS) is 10.3. The molecule has 0 spiro atoms. The molecule has 0 radical (unpaired) electrons. The molecule has 0 unspecified atom stereocenters. The van der Waals surface area contributed by atoms with Gasteiger partial charge in [0.25, 0.3) is 0 Å². The summed E-state index contributed by atoms with van der Waals surface area (Å²) < 4.78 is 1.18. The van der Waals surface area contributed by atoms with Crippen LogP contribution in [-0.4, -0.2) is 5.91 Å². The van der Waals surface area contributed by atoms with Gasteiger partial charge in [-0.1, -0.05) is 11.6 Å². The Morgan fingerprint density at radius 2 is 1.68 bits per heavy atom. The van der Waals surface area contributed by atoms with Gasteiger partial charge in [-0.3, -0.25) is 9.69 Å². The first-order chi connectivity index (χ1) is 8.99. The predicted octanol–water partition coefficient (Wildman–Crippen LogP) is 4.94. The number of hydrogen-bond acceptors (Lipinski definition) is 1. The quantitative estimate of drug-likeness (QED) is 0.671. The van der Waals surface area contributed by atoms with Gasteiger partial charge in [0.05, 0.1) is 0 Å². The van der Waals surface area contributed by atoms with Gasteiger partial charge in [0.1, 0.15) is 0 Å². The second kappa shape index (κ2) is 5.92. The Bertz CT molecular complexity index is 610. The summed E-state index contributed by atoms with van der Waals surface area (Å²) in [6.07, 6.45) is 0. The van der Waals surface area contributed by atoms with Gasteiger partial charge in [-0.05, 0) is 77.5 Å². The van der Waals surface area contributed by atoms with Gasteiger partial charge < -0.3 is 0 Å². The van der Waals surface area contributed by atoms with Crippen LogP contribution < -0.4 is 4.90 Å². The topological polar surface area (TPSA) is 20.3 Å². The zero-order valence-corrected chi connectivity index (χ0v) is 13.6. The van der Waals surface area contributed by atoms with Crippen LogP contribution in [0.15, 0.2) is 42.5 Å². The highest BCUT2D eigenvalue weighted by Gasteiger charge is 2.14. The molecule has 0 atom stereocenters. The number of nitrogens with zero attached hydrogens (tertiary/aromatic N) is 1. The molecule has 2 aromatic rings. The number of benzene rings is 2. The highest BCUT2D eigenvalue weighted by Crippen LogP contribution is 2.28. The van der Waals surface area contributed by atoms with E-state index in [-0.39, 0.29) is 5.91 Å². The van der Waals surface area contributed by atoms with Gasteiger partial charge in [-0.2, -0.15) is 0 Å². The first kappa shape index (κ1) is 14.3. The summed E-state index contributed by atoms with van der Waals surface area (Å²) in [5.41, 5.74) is 2.84. The molecule has 0 saturated heterocycles. The van der Waals surface area contributed by atoms with E-state index in [0.717, 1.165) is 16.9 Å². The summed E-state index contributed by atoms with van der Waals surface area (Å²) in [4.78, 5) is 13.6. The Labute approximate surface area is 131 Å². The van der Waals surface area contributed by atoms with Crippen LogP contribution in [0.4, 0.5) is 11.4 Å². The van der Waals surface area contributed by atoms with E-state index in [2.05, 4.69) is 22.6 Å². The van der Waals surface area contributed by atoms with Crippen molar-refractivity contribution in [1.29, 1.82) is 0 Å². The van der Waals surface area contributed by atoms with Crippen LogP contribution in [-0.2, 0) is 4.79 Å². The van der Waals surface area contributed by atoms with Crippen LogP contribution in [0.1, 0.15) is 12.5 Å². The second-order valence-corrected chi connectivity index (χ2v) is 5.86. The Kier molecular flexibility index (Phi) is 4.47. The third-order valence-corrected chi connectivity index (χ3v) is 4.26. The van der Waals surface area contributed by atoms with E-state index in [4.69, 9.17) is 11.6 Å². The summed E-state index contributed by atoms with van der Waals surface area (Å²) in [5.74, 6) is -0.0251. The standard InChI is InChI=1S/C15H13ClINO/c1-10-9-14(7-8-15(10)17)18(11(2)19)13-5-3-12(16)4-6-13/h3-9H,1-2H3. The van der Waals surface area contributed by atoms with Crippen LogP contribution in [0.3, 0.4) is 0 Å². The van der Waals surface area contributed by atoms with Crippen LogP contribution in [0.25, 0.3) is 0 Å². The Hall–Kier alpha value is -1.07. The number of halogens is 2. The van der Waals surface area contributed by atoms with Crippen molar-refractivity contribution in [1.82, 2.24) is 0 Å². The first-order valence-electron chi connectivity index (χ1n) is 5.81. The van der Waals surface area contributed by atoms with Crippen LogP contribution >= 0.6 is 34.2 Å². The van der Waals surface area contributed by atoms with Gasteiger partial charge in [0, 0.05) is 26.9 Å². The largest absolute Gasteiger partial charge is 0.281 e. The molecule has 2 rings (SSSR count). The van der Waals surface area contributed by atoms with Crippen molar-refractivity contribution in [3.8, 4) is 0 Å². The number of anilines is 2. The molecule has 0 aliphatic heterocycles. The number of rotatable bonds is 2. The summed E-state index contributed by atoms with van der Waals surface area (Å²) in [7, 11) is 0. The minimum absolute atomic E-state index is 0.0251. The van der Waals surface area contributed by atoms with Gasteiger partial charge in [0.2, 0.25) is 5.91 Å². The van der Waals surface area contributed by atoms with Crippen molar-refractivity contribution in [3.05, 3.63) is 56.6 Å². The average Bonchev–Trinajstić information content (AvgIpc) is 2.36. The lowest BCUT2D eigenvalue weighted by molar-refractivity contribution is -0.115. The molecule has 1 amide bonds. The lowest BCUT2D eigenvalue weighted by Crippen LogP contribution is -2.22. The molecule has 19 heavy (non-hydrogen) atoms. The van der Waals surface area contributed by atoms with Gasteiger partial charge >= 0.3 is 0 Å². The molecule has 0 fully saturated rings. The lowest BCUT2D eigenvalue weighted by atomic mass is 10.2. The molecular weight excluding hydrogens is 373 g/mol. The van der Waals surface area contributed by atoms with E-state index in [0.29, 0.717) is 5.02 Å². The molecule has 4 heteroatoms. The predicted molar refractivity (Wildman–Crippen MR) is 88.2 cm³/mol. The highest BCUT2D eigenvalue weighted by atomic mass is 127. The molecule has 2 nitrogen and oxygen atoms in total. The summed E-state index contributed by atoms with van der Waals surface area (Å²) >= 11 is 8.16. The molecule has 2 aromatic carbocycles. The summed E-state index contributed by atoms with van der Waals surface area (Å²) in [5, 5.41) is 0.658. The van der Waals surface area contributed by atoms with Crippen LogP contribution in [0.2, 0.25) is 5.02 Å². The molecular formula is C15H13ClINO. The monoisotopic (exact) mass is 385 g/mol. The fraction of sp³-hybridized carbons (Fsp3) is 0.133. The third kappa shape index (κ3) is 3.28. The molecule has 0 saturated carbocycles. The van der Waals surface area contributed by atoms with Gasteiger partial charge in [0.15, 0.2) is 0 Å². The first-order valence-corrected chi connectivity index (χ1v) is 7.27. The number of aryl methyl sites for hydroxylation is 1. The minimum atomic E-state index is -0.0251. The number of amides is 1. The Balaban J connectivity index is 2.48. The van der Waals surface area contributed by atoms with E-state index in [9.17, 15) is 4.79 Å². The molecule has 0 aromatic heterocycles. The zero-order chi connectivity index (χ0) is 14.0. The third-order valence-electron chi connectivity index (χ3n) is 2.80. The zero-order valence-electron chi connectivity index (χ0n) is 10.7. The minimum Gasteiger partial charge on any atom is -0.281 e. The maximum absolute atomic E-state index is 11.9. The fourth-order valence-corrected chi connectivity index (χ4v) is 2.33. The fourth-order valence-electron chi connectivity index (χ4n) is 1.87. The molecule has 0 heterocycles. The Morgan fingerprint density at radius 3 is 2.21 bits per heavy atom. The van der Waals surface area contributed by atoms with Crippen molar-refractivity contribution < 1.29 is 4.79 Å². The van der Waals surface area contributed by atoms with Gasteiger partial charge in [-0.25, -0.2) is 0 Å². The smallest absolute Gasteiger partial charge is 0.228 e. The van der Waals surface area contributed by atoms with Crippen molar-refractivity contribution in [2.24, 2.45) is 0 Å². The second-order valence-electron chi connectivity index (χ2n) is 4.26.